The summed E-state index contributed by atoms with van der Waals surface area (Å²) >= 11 is 0. The van der Waals surface area contributed by atoms with E-state index in [0.717, 1.165) is 43.3 Å². The average Bonchev–Trinajstić information content (AvgIpc) is 3.15. The predicted octanol–water partition coefficient (Wildman–Crippen LogP) is 1.75. The largest absolute Gasteiger partial charge is 0.339 e. The molecule has 8 heteroatoms. The third-order valence-electron chi connectivity index (χ3n) is 4.87. The Morgan fingerprint density at radius 2 is 2.08 bits per heavy atom. The number of piperazine rings is 1. The number of carbonyl (C=O) groups excluding carboxylic acids is 1. The van der Waals surface area contributed by atoms with Crippen LogP contribution in [0.2, 0.25) is 0 Å². The summed E-state index contributed by atoms with van der Waals surface area (Å²) in [6.45, 7) is 7.82. The first-order valence-corrected chi connectivity index (χ1v) is 8.99. The average molecular weight is 344 g/mol. The van der Waals surface area contributed by atoms with E-state index >= 15 is 0 Å². The van der Waals surface area contributed by atoms with Gasteiger partial charge in [-0.3, -0.25) is 14.8 Å². The molecule has 1 aliphatic heterocycles. The number of nitrogens with one attached hydrogen (secondary N) is 1. The topological polar surface area (TPSA) is 91.2 Å². The van der Waals surface area contributed by atoms with E-state index in [-0.39, 0.29) is 5.91 Å². The number of aromatic amines is 1. The van der Waals surface area contributed by atoms with Crippen LogP contribution < -0.4 is 0 Å². The third-order valence-corrected chi connectivity index (χ3v) is 4.87. The Morgan fingerprint density at radius 3 is 2.72 bits per heavy atom. The number of hydrogen-bond donors (Lipinski definition) is 1. The van der Waals surface area contributed by atoms with Crippen molar-refractivity contribution in [3.05, 3.63) is 29.2 Å². The molecule has 134 valence electrons. The monoisotopic (exact) mass is 344 g/mol. The molecule has 1 saturated carbocycles. The molecule has 1 saturated heterocycles. The highest BCUT2D eigenvalue weighted by Gasteiger charge is 2.30. The lowest BCUT2D eigenvalue weighted by Gasteiger charge is -2.33. The normalized spacial score (nSPS) is 18.9. The van der Waals surface area contributed by atoms with E-state index < -0.39 is 0 Å². The van der Waals surface area contributed by atoms with Crippen LogP contribution in [0.1, 0.15) is 66.4 Å². The zero-order valence-corrected chi connectivity index (χ0v) is 14.7. The molecule has 0 aromatic carbocycles. The fraction of sp³-hybridized carbons (Fsp3) is 0.647. The zero-order chi connectivity index (χ0) is 17.4. The van der Waals surface area contributed by atoms with Gasteiger partial charge >= 0.3 is 0 Å². The third kappa shape index (κ3) is 3.58. The van der Waals surface area contributed by atoms with Crippen molar-refractivity contribution in [2.75, 3.05) is 26.2 Å². The van der Waals surface area contributed by atoms with Crippen molar-refractivity contribution in [1.29, 1.82) is 0 Å². The molecular weight excluding hydrogens is 320 g/mol. The zero-order valence-electron chi connectivity index (χ0n) is 14.7. The molecule has 1 aliphatic carbocycles. The minimum atomic E-state index is -0.00150. The molecule has 1 amide bonds. The van der Waals surface area contributed by atoms with Crippen LogP contribution in [0.25, 0.3) is 0 Å². The Morgan fingerprint density at radius 1 is 1.32 bits per heavy atom. The van der Waals surface area contributed by atoms with Crippen LogP contribution in [-0.2, 0) is 6.54 Å². The Hall–Kier alpha value is -2.22. The van der Waals surface area contributed by atoms with Crippen molar-refractivity contribution < 1.29 is 9.32 Å². The summed E-state index contributed by atoms with van der Waals surface area (Å²) in [5.74, 6) is 2.35. The summed E-state index contributed by atoms with van der Waals surface area (Å²) in [6.07, 6.45) is 2.32. The summed E-state index contributed by atoms with van der Waals surface area (Å²) in [5.41, 5.74) is 1.50. The van der Waals surface area contributed by atoms with E-state index in [1.807, 2.05) is 11.0 Å². The first-order chi connectivity index (χ1) is 12.1. The molecule has 0 spiro atoms. The van der Waals surface area contributed by atoms with Gasteiger partial charge in [0.2, 0.25) is 5.89 Å². The smallest absolute Gasteiger partial charge is 0.274 e. The van der Waals surface area contributed by atoms with Gasteiger partial charge in [-0.05, 0) is 24.8 Å². The van der Waals surface area contributed by atoms with Crippen molar-refractivity contribution in [2.45, 2.75) is 45.1 Å². The molecule has 25 heavy (non-hydrogen) atoms. The quantitative estimate of drug-likeness (QED) is 0.888. The lowest BCUT2D eigenvalue weighted by Crippen LogP contribution is -2.48. The number of H-pyrrole nitrogens is 1. The minimum Gasteiger partial charge on any atom is -0.339 e. The summed E-state index contributed by atoms with van der Waals surface area (Å²) in [6, 6.07) is 1.86. The van der Waals surface area contributed by atoms with Crippen LogP contribution in [0.5, 0.6) is 0 Å². The van der Waals surface area contributed by atoms with Crippen LogP contribution in [0.4, 0.5) is 0 Å². The van der Waals surface area contributed by atoms with E-state index in [1.54, 1.807) is 0 Å². The first kappa shape index (κ1) is 16.3. The second-order valence-corrected chi connectivity index (χ2v) is 7.25. The van der Waals surface area contributed by atoms with Gasteiger partial charge in [0.25, 0.3) is 5.91 Å². The minimum absolute atomic E-state index is 0.00150. The standard InChI is InChI=1S/C17H24N6O2/c1-11(2)13-9-14(20-19-13)17(24)23-7-5-22(6-8-23)10-15-18-16(25-21-15)12-3-4-12/h9,11-12H,3-8,10H2,1-2H3,(H,19,20). The first-order valence-electron chi connectivity index (χ1n) is 8.99. The Labute approximate surface area is 146 Å². The van der Waals surface area contributed by atoms with Gasteiger partial charge < -0.3 is 9.42 Å². The molecule has 0 bridgehead atoms. The number of rotatable bonds is 5. The number of amides is 1. The maximum Gasteiger partial charge on any atom is 0.274 e. The molecule has 1 N–H and O–H groups in total. The molecule has 2 aromatic rings. The second-order valence-electron chi connectivity index (χ2n) is 7.25. The van der Waals surface area contributed by atoms with Gasteiger partial charge in [-0.1, -0.05) is 19.0 Å². The SMILES string of the molecule is CC(C)c1cc(C(=O)N2CCN(Cc3noc(C4CC4)n3)CC2)n[nH]1. The van der Waals surface area contributed by atoms with Crippen molar-refractivity contribution in [3.8, 4) is 0 Å². The summed E-state index contributed by atoms with van der Waals surface area (Å²) in [5, 5.41) is 11.2. The number of aromatic nitrogens is 4. The molecule has 8 nitrogen and oxygen atoms in total. The maximum atomic E-state index is 12.6. The Bertz CT molecular complexity index is 740. The van der Waals surface area contributed by atoms with Crippen LogP contribution >= 0.6 is 0 Å². The lowest BCUT2D eigenvalue weighted by atomic mass is 10.1. The van der Waals surface area contributed by atoms with E-state index in [0.29, 0.717) is 37.2 Å². The number of hydrogen-bond acceptors (Lipinski definition) is 6. The molecular formula is C17H24N6O2. The van der Waals surface area contributed by atoms with Crippen LogP contribution in [-0.4, -0.2) is 62.2 Å². The van der Waals surface area contributed by atoms with Gasteiger partial charge in [0.1, 0.15) is 5.69 Å². The van der Waals surface area contributed by atoms with Crippen LogP contribution in [0.3, 0.4) is 0 Å². The molecule has 4 rings (SSSR count). The van der Waals surface area contributed by atoms with Crippen LogP contribution in [0, 0.1) is 0 Å². The van der Waals surface area contributed by atoms with Crippen LogP contribution in [0.15, 0.2) is 10.6 Å². The molecule has 2 fully saturated rings. The highest BCUT2D eigenvalue weighted by molar-refractivity contribution is 5.92. The van der Waals surface area contributed by atoms with Gasteiger partial charge in [-0.2, -0.15) is 10.1 Å². The van der Waals surface area contributed by atoms with E-state index in [1.165, 1.54) is 0 Å². The lowest BCUT2D eigenvalue weighted by molar-refractivity contribution is 0.0618. The fourth-order valence-corrected chi connectivity index (χ4v) is 3.04. The van der Waals surface area contributed by atoms with E-state index in [4.69, 9.17) is 4.52 Å². The predicted molar refractivity (Wildman–Crippen MR) is 90.1 cm³/mol. The van der Waals surface area contributed by atoms with Gasteiger partial charge in [0.05, 0.1) is 6.54 Å². The molecule has 2 aliphatic rings. The van der Waals surface area contributed by atoms with E-state index in [2.05, 4.69) is 39.1 Å². The van der Waals surface area contributed by atoms with E-state index in [9.17, 15) is 4.79 Å². The highest BCUT2D eigenvalue weighted by atomic mass is 16.5. The molecule has 0 atom stereocenters. The fourth-order valence-electron chi connectivity index (χ4n) is 3.04. The van der Waals surface area contributed by atoms with Gasteiger partial charge in [-0.15, -0.1) is 0 Å². The summed E-state index contributed by atoms with van der Waals surface area (Å²) in [7, 11) is 0. The summed E-state index contributed by atoms with van der Waals surface area (Å²) < 4.78 is 5.30. The highest BCUT2D eigenvalue weighted by Crippen LogP contribution is 2.38. The second kappa shape index (κ2) is 6.59. The van der Waals surface area contributed by atoms with Gasteiger partial charge in [-0.25, -0.2) is 0 Å². The van der Waals surface area contributed by atoms with Gasteiger partial charge in [0.15, 0.2) is 5.82 Å². The van der Waals surface area contributed by atoms with Crippen molar-refractivity contribution >= 4 is 5.91 Å². The summed E-state index contributed by atoms with van der Waals surface area (Å²) in [4.78, 5) is 21.2. The molecule has 0 unspecified atom stereocenters. The Balaban J connectivity index is 1.30. The number of nitrogens with zero attached hydrogens (tertiary/aromatic N) is 5. The molecule has 0 radical (unpaired) electrons. The number of carbonyl (C=O) groups is 1. The van der Waals surface area contributed by atoms with Crippen molar-refractivity contribution in [2.24, 2.45) is 0 Å². The Kier molecular flexibility index (Phi) is 4.29. The maximum absolute atomic E-state index is 12.6. The van der Waals surface area contributed by atoms with Crippen molar-refractivity contribution in [1.82, 2.24) is 30.1 Å². The van der Waals surface area contributed by atoms with Crippen molar-refractivity contribution in [3.63, 3.8) is 0 Å². The molecule has 2 aromatic heterocycles. The van der Waals surface area contributed by atoms with Gasteiger partial charge in [0, 0.05) is 37.8 Å². The molecule has 3 heterocycles.